The van der Waals surface area contributed by atoms with Crippen LogP contribution in [0, 0.1) is 0 Å². The Morgan fingerprint density at radius 2 is 1.13 bits per heavy atom. The summed E-state index contributed by atoms with van der Waals surface area (Å²) in [6.45, 7) is 13.4. The summed E-state index contributed by atoms with van der Waals surface area (Å²) in [5.74, 6) is 0. The Bertz CT molecular complexity index is 2250. The smallest absolute Gasteiger partial charge is 0.413 e. The number of fused-ring (bicyclic) bond motifs is 2. The van der Waals surface area contributed by atoms with Crippen LogP contribution in [-0.2, 0) is 30.0 Å². The number of hydrogen-bond donors (Lipinski definition) is 3. The van der Waals surface area contributed by atoms with Gasteiger partial charge in [0, 0.05) is 42.9 Å². The number of amidine groups is 2. The van der Waals surface area contributed by atoms with Crippen molar-refractivity contribution in [1.82, 2.24) is 10.6 Å². The summed E-state index contributed by atoms with van der Waals surface area (Å²) >= 11 is 3.05. The van der Waals surface area contributed by atoms with Crippen molar-refractivity contribution in [3.05, 3.63) is 131 Å². The third-order valence-electron chi connectivity index (χ3n) is 10.3. The van der Waals surface area contributed by atoms with Crippen LogP contribution in [0.3, 0.4) is 0 Å². The van der Waals surface area contributed by atoms with E-state index in [-0.39, 0.29) is 10.5 Å². The molecule has 4 heterocycles. The molecule has 320 valence electrons. The van der Waals surface area contributed by atoms with E-state index >= 15 is 0 Å². The van der Waals surface area contributed by atoms with Gasteiger partial charge in [-0.25, -0.2) is 24.6 Å². The summed E-state index contributed by atoms with van der Waals surface area (Å²) in [4.78, 5) is 39.5. The molecular weight excluding hydrogens is 809 g/mol. The number of nitrogens with one attached hydrogen (secondary N) is 2. The molecule has 4 aromatic carbocycles. The maximum atomic E-state index is 12.4. The maximum absolute atomic E-state index is 12.4. The molecule has 0 radical (unpaired) electrons. The van der Waals surface area contributed by atoms with E-state index in [1.54, 1.807) is 0 Å². The van der Waals surface area contributed by atoms with Crippen LogP contribution in [-0.4, -0.2) is 76.4 Å². The quantitative estimate of drug-likeness (QED) is 0.131. The van der Waals surface area contributed by atoms with E-state index in [1.165, 1.54) is 23.5 Å². The lowest BCUT2D eigenvalue weighted by atomic mass is 9.83. The van der Waals surface area contributed by atoms with Gasteiger partial charge in [-0.1, -0.05) is 108 Å². The minimum absolute atomic E-state index is 0.0492. The van der Waals surface area contributed by atoms with Crippen molar-refractivity contribution in [1.29, 1.82) is 0 Å². The molecule has 0 unspecified atom stereocenters. The Balaban J connectivity index is 0.000000202. The van der Waals surface area contributed by atoms with E-state index in [9.17, 15) is 9.59 Å². The number of anilines is 1. The topological polar surface area (TPSA) is 158 Å². The maximum Gasteiger partial charge on any atom is 0.413 e. The number of aliphatic imine (C=N–C) groups is 3. The molecule has 2 amide bonds. The van der Waals surface area contributed by atoms with E-state index in [4.69, 9.17) is 39.7 Å². The van der Waals surface area contributed by atoms with Crippen molar-refractivity contribution in [3.8, 4) is 0 Å². The van der Waals surface area contributed by atoms with Gasteiger partial charge >= 0.3 is 12.2 Å². The van der Waals surface area contributed by atoms with Crippen LogP contribution in [0.25, 0.3) is 0 Å². The molecular formula is C47H54N6O6S2. The molecule has 4 atom stereocenters. The van der Waals surface area contributed by atoms with E-state index in [0.29, 0.717) is 42.5 Å². The van der Waals surface area contributed by atoms with Gasteiger partial charge in [-0.3, -0.25) is 10.6 Å². The predicted molar refractivity (Wildman–Crippen MR) is 246 cm³/mol. The lowest BCUT2D eigenvalue weighted by molar-refractivity contribution is 0.0549. The van der Waals surface area contributed by atoms with Crippen LogP contribution in [0.2, 0.25) is 0 Å². The normalized spacial score (nSPS) is 23.1. The van der Waals surface area contributed by atoms with E-state index < -0.39 is 34.5 Å². The van der Waals surface area contributed by atoms with E-state index in [2.05, 4.69) is 47.0 Å². The summed E-state index contributed by atoms with van der Waals surface area (Å²) in [6, 6.07) is 36.5. The number of nitrogens with zero attached hydrogens (tertiary/aromatic N) is 3. The highest BCUT2D eigenvalue weighted by Gasteiger charge is 2.50. The Morgan fingerprint density at radius 1 is 0.672 bits per heavy atom. The van der Waals surface area contributed by atoms with Crippen LogP contribution in [0.1, 0.15) is 76.6 Å². The van der Waals surface area contributed by atoms with Gasteiger partial charge in [-0.15, -0.1) is 0 Å². The number of nitrogens with two attached hydrogens (primary N) is 1. The third-order valence-corrected chi connectivity index (χ3v) is 12.7. The fraction of sp³-hybridized carbons (Fsp3) is 0.383. The van der Waals surface area contributed by atoms with Crippen LogP contribution < -0.4 is 16.4 Å². The number of benzene rings is 4. The molecule has 4 aliphatic rings. The van der Waals surface area contributed by atoms with Gasteiger partial charge in [-0.2, -0.15) is 0 Å². The van der Waals surface area contributed by atoms with Crippen molar-refractivity contribution >= 4 is 63.1 Å². The number of carbonyl (C=O) groups is 2. The second-order valence-electron chi connectivity index (χ2n) is 17.2. The van der Waals surface area contributed by atoms with Crippen LogP contribution in [0.4, 0.5) is 21.0 Å². The van der Waals surface area contributed by atoms with Gasteiger partial charge in [0.25, 0.3) is 0 Å². The van der Waals surface area contributed by atoms with Crippen molar-refractivity contribution in [2.45, 2.75) is 87.2 Å². The summed E-state index contributed by atoms with van der Waals surface area (Å²) in [6.07, 6.45) is 0.494. The highest BCUT2D eigenvalue weighted by Crippen LogP contribution is 2.49. The number of carbonyl (C=O) groups excluding carboxylic acids is 2. The van der Waals surface area contributed by atoms with Gasteiger partial charge in [0.1, 0.15) is 22.3 Å². The molecule has 0 spiro atoms. The molecule has 4 aliphatic heterocycles. The third kappa shape index (κ3) is 10.8. The van der Waals surface area contributed by atoms with Gasteiger partial charge in [0.05, 0.1) is 35.1 Å². The first-order chi connectivity index (χ1) is 29.1. The summed E-state index contributed by atoms with van der Waals surface area (Å²) in [5.41, 5.74) is 10.6. The zero-order chi connectivity index (χ0) is 43.3. The number of rotatable bonds is 5. The van der Waals surface area contributed by atoms with Crippen LogP contribution in [0.5, 0.6) is 0 Å². The largest absolute Gasteiger partial charge is 0.444 e. The second kappa shape index (κ2) is 18.4. The molecule has 14 heteroatoms. The van der Waals surface area contributed by atoms with Crippen LogP contribution in [0.15, 0.2) is 124 Å². The number of nitrogen functional groups attached to an aromatic ring is 1. The number of ether oxygens (including phenoxy) is 4. The zero-order valence-corrected chi connectivity index (χ0v) is 37.1. The van der Waals surface area contributed by atoms with Gasteiger partial charge in [-0.05, 0) is 76.9 Å². The molecule has 61 heavy (non-hydrogen) atoms. The van der Waals surface area contributed by atoms with Crippen LogP contribution >= 0.6 is 23.5 Å². The molecule has 4 aromatic rings. The lowest BCUT2D eigenvalue weighted by Crippen LogP contribution is -2.41. The van der Waals surface area contributed by atoms with Crippen molar-refractivity contribution in [3.63, 3.8) is 0 Å². The molecule has 12 nitrogen and oxygen atoms in total. The summed E-state index contributed by atoms with van der Waals surface area (Å²) in [5, 5.41) is 6.90. The lowest BCUT2D eigenvalue weighted by Gasteiger charge is -2.36. The minimum atomic E-state index is -0.580. The second-order valence-corrected chi connectivity index (χ2v) is 19.6. The van der Waals surface area contributed by atoms with Gasteiger partial charge in [0.15, 0.2) is 10.3 Å². The number of thioether (sulfide) groups is 2. The molecule has 2 saturated heterocycles. The summed E-state index contributed by atoms with van der Waals surface area (Å²) in [7, 11) is 0. The number of alkyl carbamates (subject to hydrolysis) is 2. The highest BCUT2D eigenvalue weighted by atomic mass is 32.2. The average Bonchev–Trinajstić information content (AvgIpc) is 3.78. The molecule has 0 aliphatic carbocycles. The Morgan fingerprint density at radius 3 is 1.59 bits per heavy atom. The fourth-order valence-electron chi connectivity index (χ4n) is 7.59. The zero-order valence-electron chi connectivity index (χ0n) is 35.5. The van der Waals surface area contributed by atoms with E-state index in [0.717, 1.165) is 46.5 Å². The number of hydrogen-bond acceptors (Lipinski definition) is 12. The highest BCUT2D eigenvalue weighted by molar-refractivity contribution is 8.15. The molecule has 4 N–H and O–H groups in total. The van der Waals surface area contributed by atoms with Gasteiger partial charge in [0.2, 0.25) is 0 Å². The first-order valence-corrected chi connectivity index (χ1v) is 22.2. The minimum Gasteiger partial charge on any atom is -0.444 e. The molecule has 0 saturated carbocycles. The molecule has 0 aromatic heterocycles. The monoisotopic (exact) mass is 862 g/mol. The standard InChI is InChI=1S/C30H31N3O3S.C17H23N3O3S/c1-29(2,3)36-28(34)32-27-33-30(17-18-35-20-25(30)37-27)23-15-10-16-24(19-23)31-26(21-11-6-4-7-12-21)22-13-8-5-9-14-22;1-16(2,3)23-15(21)19-14-20-17(7-8-22-10-13(17)24-14)11-5-4-6-12(18)9-11/h4-16,19,25H,17-18,20H2,1-3H3,(H,32,33,34);4-6,9,13H,7-8,10,18H2,1-3H3,(H,19,20,21)/t25-,30-;13-,17-/m11/s1. The molecule has 0 bridgehead atoms. The predicted octanol–water partition coefficient (Wildman–Crippen LogP) is 9.35. The van der Waals surface area contributed by atoms with Crippen molar-refractivity contribution in [2.75, 3.05) is 32.2 Å². The molecule has 8 rings (SSSR count). The Kier molecular flexibility index (Phi) is 13.3. The SMILES string of the molecule is CC(C)(C)OC(=O)NC1=N[C@@]2(c3cccc(N)c3)CCOC[C@H]2S1.CC(C)(C)OC(=O)NC1=N[C@@]2(c3cccc(N=C(c4ccccc4)c4ccccc4)c3)CCOC[C@H]2S1. The van der Waals surface area contributed by atoms with Crippen molar-refractivity contribution in [2.24, 2.45) is 15.0 Å². The van der Waals surface area contributed by atoms with E-state index in [1.807, 2.05) is 114 Å². The molecule has 2 fully saturated rings. The first-order valence-electron chi connectivity index (χ1n) is 20.5. The van der Waals surface area contributed by atoms with Crippen molar-refractivity contribution < 1.29 is 28.5 Å². The summed E-state index contributed by atoms with van der Waals surface area (Å²) < 4.78 is 22.2. The Hall–Kier alpha value is -5.15. The Labute approximate surface area is 366 Å². The first kappa shape index (κ1) is 43.9. The van der Waals surface area contributed by atoms with Gasteiger partial charge < -0.3 is 24.7 Å². The average molecular weight is 863 g/mol. The fourth-order valence-corrected chi connectivity index (χ4v) is 10.2. The number of amides is 2.